The lowest BCUT2D eigenvalue weighted by molar-refractivity contribution is 0.0516. The average molecular weight is 290 g/mol. The van der Waals surface area contributed by atoms with Crippen LogP contribution in [0.5, 0.6) is 0 Å². The van der Waals surface area contributed by atoms with Gasteiger partial charge in [0.25, 0.3) is 5.91 Å². The van der Waals surface area contributed by atoms with Gasteiger partial charge >= 0.3 is 0 Å². The first-order valence-electron chi connectivity index (χ1n) is 8.21. The molecule has 1 aromatic heterocycles. The summed E-state index contributed by atoms with van der Waals surface area (Å²) in [7, 11) is 0. The molecule has 3 N–H and O–H groups in total. The Balaban J connectivity index is 1.73. The fourth-order valence-electron chi connectivity index (χ4n) is 3.90. The molecule has 1 aliphatic heterocycles. The summed E-state index contributed by atoms with van der Waals surface area (Å²) in [5, 5.41) is 7.10. The molecule has 2 atom stereocenters. The highest BCUT2D eigenvalue weighted by Gasteiger charge is 2.34. The summed E-state index contributed by atoms with van der Waals surface area (Å²) in [6.45, 7) is 5.83. The molecule has 2 heterocycles. The SMILES string of the molecule is CC(C)c1[nH]nc(C(=O)N2CCC3CCCCC3C2)c1N. The molecule has 0 radical (unpaired) electrons. The van der Waals surface area contributed by atoms with E-state index in [0.717, 1.165) is 31.1 Å². The van der Waals surface area contributed by atoms with Crippen molar-refractivity contribution in [2.45, 2.75) is 51.9 Å². The number of hydrogen-bond acceptors (Lipinski definition) is 3. The van der Waals surface area contributed by atoms with Crippen molar-refractivity contribution in [3.63, 3.8) is 0 Å². The number of H-pyrrole nitrogens is 1. The van der Waals surface area contributed by atoms with Crippen LogP contribution in [0.4, 0.5) is 5.69 Å². The van der Waals surface area contributed by atoms with E-state index in [-0.39, 0.29) is 11.8 Å². The Morgan fingerprint density at radius 2 is 2.00 bits per heavy atom. The number of hydrogen-bond donors (Lipinski definition) is 2. The third kappa shape index (κ3) is 2.65. The summed E-state index contributed by atoms with van der Waals surface area (Å²) in [5.74, 6) is 1.76. The lowest BCUT2D eigenvalue weighted by Gasteiger charge is -2.41. The van der Waals surface area contributed by atoms with Crippen LogP contribution in [0.25, 0.3) is 0 Å². The van der Waals surface area contributed by atoms with Crippen LogP contribution in [-0.2, 0) is 0 Å². The van der Waals surface area contributed by atoms with E-state index in [2.05, 4.69) is 10.2 Å². The van der Waals surface area contributed by atoms with Crippen LogP contribution in [-0.4, -0.2) is 34.1 Å². The molecular weight excluding hydrogens is 264 g/mol. The maximum absolute atomic E-state index is 12.7. The summed E-state index contributed by atoms with van der Waals surface area (Å²) >= 11 is 0. The van der Waals surface area contributed by atoms with Gasteiger partial charge in [0.2, 0.25) is 0 Å². The van der Waals surface area contributed by atoms with E-state index in [1.807, 2.05) is 18.7 Å². The number of carbonyl (C=O) groups excluding carboxylic acids is 1. The van der Waals surface area contributed by atoms with Crippen LogP contribution in [0.15, 0.2) is 0 Å². The number of carbonyl (C=O) groups is 1. The van der Waals surface area contributed by atoms with Gasteiger partial charge < -0.3 is 10.6 Å². The minimum atomic E-state index is -0.000302. The molecule has 2 aliphatic rings. The van der Waals surface area contributed by atoms with E-state index >= 15 is 0 Å². The van der Waals surface area contributed by atoms with Crippen LogP contribution >= 0.6 is 0 Å². The van der Waals surface area contributed by atoms with Gasteiger partial charge in [-0.1, -0.05) is 33.1 Å². The molecule has 3 rings (SSSR count). The molecule has 116 valence electrons. The predicted octanol–water partition coefficient (Wildman–Crippen LogP) is 2.77. The Kier molecular flexibility index (Phi) is 3.91. The molecule has 5 heteroatoms. The van der Waals surface area contributed by atoms with Crippen LogP contribution in [0.2, 0.25) is 0 Å². The zero-order valence-electron chi connectivity index (χ0n) is 13.1. The van der Waals surface area contributed by atoms with E-state index in [4.69, 9.17) is 5.73 Å². The van der Waals surface area contributed by atoms with Gasteiger partial charge in [-0.2, -0.15) is 5.10 Å². The number of likely N-dealkylation sites (tertiary alicyclic amines) is 1. The second-order valence-electron chi connectivity index (χ2n) is 6.90. The number of amides is 1. The molecular formula is C16H26N4O. The van der Waals surface area contributed by atoms with Crippen molar-refractivity contribution in [1.29, 1.82) is 0 Å². The summed E-state index contributed by atoms with van der Waals surface area (Å²) in [5.41, 5.74) is 7.91. The quantitative estimate of drug-likeness (QED) is 0.879. The number of anilines is 1. The van der Waals surface area contributed by atoms with Crippen molar-refractivity contribution in [3.8, 4) is 0 Å². The summed E-state index contributed by atoms with van der Waals surface area (Å²) in [4.78, 5) is 14.7. The topological polar surface area (TPSA) is 75.0 Å². The predicted molar refractivity (Wildman–Crippen MR) is 83.1 cm³/mol. The number of rotatable bonds is 2. The largest absolute Gasteiger partial charge is 0.395 e. The molecule has 1 saturated carbocycles. The lowest BCUT2D eigenvalue weighted by atomic mass is 9.75. The van der Waals surface area contributed by atoms with Gasteiger partial charge in [0.1, 0.15) is 0 Å². The van der Waals surface area contributed by atoms with Crippen LogP contribution in [0.1, 0.15) is 68.1 Å². The van der Waals surface area contributed by atoms with Gasteiger partial charge in [-0.05, 0) is 30.6 Å². The number of nitrogens with two attached hydrogens (primary N) is 1. The van der Waals surface area contributed by atoms with Crippen molar-refractivity contribution < 1.29 is 4.79 Å². The molecule has 1 aromatic rings. The van der Waals surface area contributed by atoms with E-state index in [1.165, 1.54) is 25.7 Å². The molecule has 5 nitrogen and oxygen atoms in total. The standard InChI is InChI=1S/C16H26N4O/c1-10(2)14-13(17)15(19-18-14)16(21)20-8-7-11-5-3-4-6-12(11)9-20/h10-12H,3-9,17H2,1-2H3,(H,18,19). The van der Waals surface area contributed by atoms with Gasteiger partial charge in [0.05, 0.1) is 11.4 Å². The second-order valence-corrected chi connectivity index (χ2v) is 6.90. The minimum absolute atomic E-state index is 0.000302. The average Bonchev–Trinajstić information content (AvgIpc) is 2.88. The van der Waals surface area contributed by atoms with Crippen molar-refractivity contribution in [1.82, 2.24) is 15.1 Å². The fraction of sp³-hybridized carbons (Fsp3) is 0.750. The molecule has 0 spiro atoms. The normalized spacial score (nSPS) is 26.0. The van der Waals surface area contributed by atoms with Crippen molar-refractivity contribution >= 4 is 11.6 Å². The first-order valence-corrected chi connectivity index (χ1v) is 8.21. The third-order valence-corrected chi connectivity index (χ3v) is 5.19. The molecule has 1 amide bonds. The number of aromatic nitrogens is 2. The first kappa shape index (κ1) is 14.4. The zero-order valence-corrected chi connectivity index (χ0v) is 13.1. The van der Waals surface area contributed by atoms with Crippen LogP contribution in [0, 0.1) is 11.8 Å². The third-order valence-electron chi connectivity index (χ3n) is 5.19. The Morgan fingerprint density at radius 3 is 2.67 bits per heavy atom. The number of nitrogens with one attached hydrogen (secondary N) is 1. The monoisotopic (exact) mass is 290 g/mol. The van der Waals surface area contributed by atoms with E-state index in [9.17, 15) is 4.79 Å². The molecule has 1 aliphatic carbocycles. The Hall–Kier alpha value is -1.52. The summed E-state index contributed by atoms with van der Waals surface area (Å²) in [6, 6.07) is 0. The maximum atomic E-state index is 12.7. The molecule has 21 heavy (non-hydrogen) atoms. The minimum Gasteiger partial charge on any atom is -0.395 e. The maximum Gasteiger partial charge on any atom is 0.276 e. The zero-order chi connectivity index (χ0) is 15.0. The Morgan fingerprint density at radius 1 is 1.29 bits per heavy atom. The van der Waals surface area contributed by atoms with Crippen molar-refractivity contribution in [2.24, 2.45) is 11.8 Å². The Labute approximate surface area is 126 Å². The highest BCUT2D eigenvalue weighted by molar-refractivity contribution is 5.97. The molecule has 2 unspecified atom stereocenters. The lowest BCUT2D eigenvalue weighted by Crippen LogP contribution is -2.45. The highest BCUT2D eigenvalue weighted by atomic mass is 16.2. The van der Waals surface area contributed by atoms with E-state index in [1.54, 1.807) is 0 Å². The first-order chi connectivity index (χ1) is 10.1. The van der Waals surface area contributed by atoms with Gasteiger partial charge in [-0.3, -0.25) is 9.89 Å². The number of nitrogens with zero attached hydrogens (tertiary/aromatic N) is 2. The summed E-state index contributed by atoms with van der Waals surface area (Å²) in [6.07, 6.45) is 6.42. The van der Waals surface area contributed by atoms with Gasteiger partial charge in [-0.25, -0.2) is 0 Å². The van der Waals surface area contributed by atoms with Crippen molar-refractivity contribution in [3.05, 3.63) is 11.4 Å². The smallest absolute Gasteiger partial charge is 0.276 e. The highest BCUT2D eigenvalue weighted by Crippen LogP contribution is 2.36. The van der Waals surface area contributed by atoms with Gasteiger partial charge in [0, 0.05) is 13.1 Å². The number of fused-ring (bicyclic) bond motifs is 1. The number of piperidine rings is 1. The molecule has 2 fully saturated rings. The molecule has 0 bridgehead atoms. The van der Waals surface area contributed by atoms with Crippen LogP contribution in [0.3, 0.4) is 0 Å². The Bertz CT molecular complexity index is 522. The second kappa shape index (κ2) is 5.70. The molecule has 1 saturated heterocycles. The van der Waals surface area contributed by atoms with E-state index in [0.29, 0.717) is 17.3 Å². The fourth-order valence-corrected chi connectivity index (χ4v) is 3.90. The van der Waals surface area contributed by atoms with E-state index < -0.39 is 0 Å². The van der Waals surface area contributed by atoms with Crippen molar-refractivity contribution in [2.75, 3.05) is 18.8 Å². The number of nitrogen functional groups attached to an aromatic ring is 1. The van der Waals surface area contributed by atoms with Crippen LogP contribution < -0.4 is 5.73 Å². The number of aromatic amines is 1. The summed E-state index contributed by atoms with van der Waals surface area (Å²) < 4.78 is 0. The molecule has 0 aromatic carbocycles. The van der Waals surface area contributed by atoms with Gasteiger partial charge in [0.15, 0.2) is 5.69 Å². The van der Waals surface area contributed by atoms with Gasteiger partial charge in [-0.15, -0.1) is 0 Å².